The summed E-state index contributed by atoms with van der Waals surface area (Å²) in [6.45, 7) is -0.517. The highest BCUT2D eigenvalue weighted by Gasteiger charge is 2.15. The number of aromatic amines is 1. The zero-order valence-corrected chi connectivity index (χ0v) is 7.04. The second-order valence-electron chi connectivity index (χ2n) is 2.14. The van der Waals surface area contributed by atoms with Gasteiger partial charge in [-0.1, -0.05) is 0 Å². The van der Waals surface area contributed by atoms with Crippen molar-refractivity contribution in [2.75, 3.05) is 0 Å². The molecule has 8 heteroatoms. The highest BCUT2D eigenvalue weighted by atomic mass is 32.1. The van der Waals surface area contributed by atoms with Crippen LogP contribution in [0.3, 0.4) is 0 Å². The summed E-state index contributed by atoms with van der Waals surface area (Å²) in [5.41, 5.74) is 0. The zero-order valence-electron chi connectivity index (χ0n) is 6.22. The molecule has 0 aliphatic carbocycles. The second kappa shape index (κ2) is 3.35. The van der Waals surface area contributed by atoms with E-state index in [1.165, 1.54) is 0 Å². The zero-order chi connectivity index (χ0) is 10.0. The normalized spacial score (nSPS) is 9.85. The van der Waals surface area contributed by atoms with Crippen molar-refractivity contribution in [3.63, 3.8) is 0 Å². The molecular formula is C5H5N3O4S. The number of nitrogens with zero attached hydrogens (tertiary/aromatic N) is 2. The van der Waals surface area contributed by atoms with Crippen molar-refractivity contribution in [1.82, 2.24) is 14.8 Å². The summed E-state index contributed by atoms with van der Waals surface area (Å²) in [7, 11) is 0. The monoisotopic (exact) mass is 203 g/mol. The first-order valence-electron chi connectivity index (χ1n) is 3.12. The molecule has 0 spiro atoms. The van der Waals surface area contributed by atoms with Gasteiger partial charge >= 0.3 is 11.9 Å². The first kappa shape index (κ1) is 9.39. The van der Waals surface area contributed by atoms with Crippen molar-refractivity contribution in [2.45, 2.75) is 6.54 Å². The predicted molar refractivity (Wildman–Crippen MR) is 42.0 cm³/mol. The molecule has 7 nitrogen and oxygen atoms in total. The van der Waals surface area contributed by atoms with Crippen LogP contribution in [0, 0.1) is 4.77 Å². The quantitative estimate of drug-likeness (QED) is 0.583. The van der Waals surface area contributed by atoms with Gasteiger partial charge in [0.2, 0.25) is 5.82 Å². The Balaban J connectivity index is 3.16. The second-order valence-corrected chi connectivity index (χ2v) is 2.52. The van der Waals surface area contributed by atoms with Crippen molar-refractivity contribution < 1.29 is 19.8 Å². The highest BCUT2D eigenvalue weighted by Crippen LogP contribution is 1.97. The van der Waals surface area contributed by atoms with Gasteiger partial charge in [0.15, 0.2) is 4.77 Å². The maximum absolute atomic E-state index is 10.5. The van der Waals surface area contributed by atoms with Crippen molar-refractivity contribution in [3.05, 3.63) is 10.6 Å². The summed E-state index contributed by atoms with van der Waals surface area (Å²) in [6.07, 6.45) is 0. The van der Waals surface area contributed by atoms with Crippen LogP contribution < -0.4 is 0 Å². The van der Waals surface area contributed by atoms with E-state index in [1.54, 1.807) is 0 Å². The molecule has 0 radical (unpaired) electrons. The molecule has 3 N–H and O–H groups in total. The van der Waals surface area contributed by atoms with Gasteiger partial charge in [-0.2, -0.15) is 0 Å². The highest BCUT2D eigenvalue weighted by molar-refractivity contribution is 7.71. The molecule has 0 saturated heterocycles. The maximum atomic E-state index is 10.5. The third kappa shape index (κ3) is 1.90. The molecule has 0 bridgehead atoms. The van der Waals surface area contributed by atoms with E-state index in [2.05, 4.69) is 22.4 Å². The van der Waals surface area contributed by atoms with Crippen molar-refractivity contribution in [3.8, 4) is 0 Å². The number of hydrogen-bond acceptors (Lipinski definition) is 4. The summed E-state index contributed by atoms with van der Waals surface area (Å²) < 4.78 is 0.861. The Labute approximate surface area is 76.6 Å². The van der Waals surface area contributed by atoms with Crippen molar-refractivity contribution in [2.24, 2.45) is 0 Å². The van der Waals surface area contributed by atoms with Crippen LogP contribution in [0.2, 0.25) is 0 Å². The number of rotatable bonds is 3. The smallest absolute Gasteiger partial charge is 0.374 e. The van der Waals surface area contributed by atoms with Crippen molar-refractivity contribution >= 4 is 24.2 Å². The lowest BCUT2D eigenvalue weighted by atomic mass is 10.5. The number of aromatic carboxylic acids is 1. The first-order valence-corrected chi connectivity index (χ1v) is 3.53. The number of aliphatic carboxylic acids is 1. The number of H-pyrrole nitrogens is 1. The van der Waals surface area contributed by atoms with E-state index >= 15 is 0 Å². The molecule has 0 aliphatic heterocycles. The van der Waals surface area contributed by atoms with Crippen LogP contribution in [-0.4, -0.2) is 36.9 Å². The fourth-order valence-electron chi connectivity index (χ4n) is 0.763. The SMILES string of the molecule is O=C(O)Cn1c(C(=O)O)n[nH]c1=S. The molecule has 1 heterocycles. The molecule has 0 fully saturated rings. The van der Waals surface area contributed by atoms with E-state index in [-0.39, 0.29) is 4.77 Å². The Morgan fingerprint density at radius 1 is 1.54 bits per heavy atom. The van der Waals surface area contributed by atoms with Gasteiger partial charge in [-0.25, -0.2) is 4.79 Å². The number of carboxylic acids is 2. The molecule has 0 saturated carbocycles. The van der Waals surface area contributed by atoms with Gasteiger partial charge in [0.1, 0.15) is 6.54 Å². The van der Waals surface area contributed by atoms with Crippen LogP contribution in [0.4, 0.5) is 0 Å². The average Bonchev–Trinajstić information content (AvgIpc) is 2.32. The molecular weight excluding hydrogens is 198 g/mol. The fraction of sp³-hybridized carbons (Fsp3) is 0.200. The third-order valence-electron chi connectivity index (χ3n) is 1.24. The average molecular weight is 203 g/mol. The predicted octanol–water partition coefficient (Wildman–Crippen LogP) is -0.277. The number of carboxylic acid groups (broad SMARTS) is 2. The third-order valence-corrected chi connectivity index (χ3v) is 1.55. The van der Waals surface area contributed by atoms with Crippen molar-refractivity contribution in [1.29, 1.82) is 0 Å². The summed E-state index contributed by atoms with van der Waals surface area (Å²) in [5, 5.41) is 22.5. The molecule has 0 amide bonds. The summed E-state index contributed by atoms with van der Waals surface area (Å²) in [5.74, 6) is -2.92. The van der Waals surface area contributed by atoms with Gasteiger partial charge in [-0.05, 0) is 12.2 Å². The van der Waals surface area contributed by atoms with Crippen LogP contribution in [0.1, 0.15) is 10.6 Å². The van der Waals surface area contributed by atoms with Gasteiger partial charge in [0.05, 0.1) is 0 Å². The lowest BCUT2D eigenvalue weighted by Gasteiger charge is -1.97. The van der Waals surface area contributed by atoms with Crippen LogP contribution in [0.25, 0.3) is 0 Å². The molecule has 0 unspecified atom stereocenters. The molecule has 0 aromatic carbocycles. The Bertz CT molecular complexity index is 406. The Morgan fingerprint density at radius 2 is 2.15 bits per heavy atom. The minimum absolute atomic E-state index is 0.0280. The first-order chi connectivity index (χ1) is 6.02. The molecule has 70 valence electrons. The van der Waals surface area contributed by atoms with Crippen LogP contribution in [0.15, 0.2) is 0 Å². The molecule has 0 atom stereocenters. The molecule has 13 heavy (non-hydrogen) atoms. The van der Waals surface area contributed by atoms with E-state index in [4.69, 9.17) is 10.2 Å². The summed E-state index contributed by atoms with van der Waals surface area (Å²) in [4.78, 5) is 20.8. The van der Waals surface area contributed by atoms with E-state index in [0.29, 0.717) is 0 Å². The van der Waals surface area contributed by atoms with Crippen LogP contribution in [-0.2, 0) is 11.3 Å². The number of nitrogens with one attached hydrogen (secondary N) is 1. The van der Waals surface area contributed by atoms with Gasteiger partial charge in [0, 0.05) is 0 Å². The van der Waals surface area contributed by atoms with Crippen LogP contribution >= 0.6 is 12.2 Å². The van der Waals surface area contributed by atoms with Gasteiger partial charge in [-0.15, -0.1) is 5.10 Å². The largest absolute Gasteiger partial charge is 0.480 e. The number of carbonyl (C=O) groups is 2. The molecule has 0 aliphatic rings. The number of aromatic nitrogens is 3. The molecule has 1 rings (SSSR count). The minimum atomic E-state index is -1.33. The number of hydrogen-bond donors (Lipinski definition) is 3. The molecule has 1 aromatic rings. The van der Waals surface area contributed by atoms with E-state index in [1.807, 2.05) is 0 Å². The van der Waals surface area contributed by atoms with Gasteiger partial charge < -0.3 is 10.2 Å². The van der Waals surface area contributed by atoms with E-state index in [0.717, 1.165) is 4.57 Å². The summed E-state index contributed by atoms with van der Waals surface area (Å²) >= 11 is 4.63. The fourth-order valence-corrected chi connectivity index (χ4v) is 0.960. The van der Waals surface area contributed by atoms with E-state index < -0.39 is 24.3 Å². The standard InChI is InChI=1S/C5H5N3O4S/c9-2(10)1-8-3(4(11)12)6-7-5(8)13/h1H2,(H,7,13)(H,9,10)(H,11,12). The minimum Gasteiger partial charge on any atom is -0.480 e. The molecule has 1 aromatic heterocycles. The summed E-state index contributed by atoms with van der Waals surface area (Å²) in [6, 6.07) is 0. The van der Waals surface area contributed by atoms with E-state index in [9.17, 15) is 9.59 Å². The topological polar surface area (TPSA) is 108 Å². The maximum Gasteiger partial charge on any atom is 0.374 e. The van der Waals surface area contributed by atoms with Gasteiger partial charge in [-0.3, -0.25) is 14.5 Å². The lowest BCUT2D eigenvalue weighted by molar-refractivity contribution is -0.137. The Morgan fingerprint density at radius 3 is 2.62 bits per heavy atom. The van der Waals surface area contributed by atoms with Crippen LogP contribution in [0.5, 0.6) is 0 Å². The Hall–Kier alpha value is -1.70. The Kier molecular flexibility index (Phi) is 2.42. The lowest BCUT2D eigenvalue weighted by Crippen LogP contribution is -2.15. The van der Waals surface area contributed by atoms with Gasteiger partial charge in [0.25, 0.3) is 0 Å².